The van der Waals surface area contributed by atoms with E-state index in [1.165, 1.54) is 6.92 Å². The maximum atomic E-state index is 10.5. The van der Waals surface area contributed by atoms with Crippen LogP contribution in [0.3, 0.4) is 0 Å². The molecule has 0 bridgehead atoms. The summed E-state index contributed by atoms with van der Waals surface area (Å²) >= 11 is 0. The standard InChI is InChI=1S/C12H18O3/c1-10(7-8-15-12(3)14)5-4-6-11(2)9-13/h4,6-7,9,11H,5,8H2,1-3H3. The number of hydrogen-bond acceptors (Lipinski definition) is 3. The summed E-state index contributed by atoms with van der Waals surface area (Å²) in [6.45, 7) is 5.49. The Bertz CT molecular complexity index is 264. The third-order valence-corrected chi connectivity index (χ3v) is 1.81. The molecule has 0 aromatic rings. The van der Waals surface area contributed by atoms with Gasteiger partial charge < -0.3 is 9.53 Å². The minimum Gasteiger partial charge on any atom is -0.462 e. The molecule has 0 aromatic carbocycles. The molecular formula is C12H18O3. The first-order chi connectivity index (χ1) is 7.06. The fourth-order valence-corrected chi connectivity index (χ4v) is 0.899. The van der Waals surface area contributed by atoms with Crippen LogP contribution in [-0.2, 0) is 14.3 Å². The van der Waals surface area contributed by atoms with Crippen LogP contribution in [0.15, 0.2) is 23.8 Å². The van der Waals surface area contributed by atoms with E-state index >= 15 is 0 Å². The van der Waals surface area contributed by atoms with Crippen LogP contribution >= 0.6 is 0 Å². The lowest BCUT2D eigenvalue weighted by molar-refractivity contribution is -0.139. The molecule has 0 amide bonds. The second-order valence-electron chi connectivity index (χ2n) is 3.48. The molecule has 0 radical (unpaired) electrons. The predicted molar refractivity (Wildman–Crippen MR) is 59.4 cm³/mol. The molecule has 84 valence electrons. The van der Waals surface area contributed by atoms with Gasteiger partial charge in [-0.3, -0.25) is 4.79 Å². The highest BCUT2D eigenvalue weighted by Gasteiger charge is 1.92. The zero-order chi connectivity index (χ0) is 11.7. The Labute approximate surface area is 90.8 Å². The van der Waals surface area contributed by atoms with Crippen LogP contribution in [0.25, 0.3) is 0 Å². The summed E-state index contributed by atoms with van der Waals surface area (Å²) in [5.74, 6) is -0.310. The highest BCUT2D eigenvalue weighted by Crippen LogP contribution is 2.03. The number of ether oxygens (including phenoxy) is 1. The summed E-state index contributed by atoms with van der Waals surface area (Å²) in [6, 6.07) is 0. The second-order valence-corrected chi connectivity index (χ2v) is 3.48. The molecule has 0 fully saturated rings. The number of allylic oxidation sites excluding steroid dienone is 3. The smallest absolute Gasteiger partial charge is 0.302 e. The number of carbonyl (C=O) groups excluding carboxylic acids is 2. The molecule has 0 rings (SSSR count). The fourth-order valence-electron chi connectivity index (χ4n) is 0.899. The first kappa shape index (κ1) is 13.6. The van der Waals surface area contributed by atoms with Crippen molar-refractivity contribution in [2.75, 3.05) is 6.61 Å². The Balaban J connectivity index is 3.81. The SMILES string of the molecule is CC(=O)OCC=C(C)CC=CC(C)C=O. The topological polar surface area (TPSA) is 43.4 Å². The molecule has 0 saturated carbocycles. The molecular weight excluding hydrogens is 192 g/mol. The van der Waals surface area contributed by atoms with Crippen molar-refractivity contribution in [3.63, 3.8) is 0 Å². The molecule has 0 aromatic heterocycles. The van der Waals surface area contributed by atoms with E-state index in [9.17, 15) is 9.59 Å². The third-order valence-electron chi connectivity index (χ3n) is 1.81. The van der Waals surface area contributed by atoms with Gasteiger partial charge >= 0.3 is 5.97 Å². The highest BCUT2D eigenvalue weighted by atomic mass is 16.5. The Kier molecular flexibility index (Phi) is 7.24. The molecule has 0 aliphatic rings. The van der Waals surface area contributed by atoms with Gasteiger partial charge in [0.2, 0.25) is 0 Å². The predicted octanol–water partition coefficient (Wildman–Crippen LogP) is 2.28. The zero-order valence-corrected chi connectivity index (χ0v) is 9.53. The molecule has 0 spiro atoms. The van der Waals surface area contributed by atoms with Gasteiger partial charge in [0.15, 0.2) is 0 Å². The Morgan fingerprint density at radius 2 is 2.07 bits per heavy atom. The Morgan fingerprint density at radius 3 is 2.60 bits per heavy atom. The van der Waals surface area contributed by atoms with Gasteiger partial charge in [0, 0.05) is 12.8 Å². The minimum atomic E-state index is -0.274. The van der Waals surface area contributed by atoms with Crippen molar-refractivity contribution in [1.82, 2.24) is 0 Å². The van der Waals surface area contributed by atoms with Crippen LogP contribution in [0.4, 0.5) is 0 Å². The van der Waals surface area contributed by atoms with Gasteiger partial charge in [-0.1, -0.05) is 24.6 Å². The lowest BCUT2D eigenvalue weighted by Gasteiger charge is -1.99. The van der Waals surface area contributed by atoms with Crippen molar-refractivity contribution in [1.29, 1.82) is 0 Å². The Hall–Kier alpha value is -1.38. The highest BCUT2D eigenvalue weighted by molar-refractivity contribution is 5.66. The molecule has 15 heavy (non-hydrogen) atoms. The molecule has 3 heteroatoms. The molecule has 0 N–H and O–H groups in total. The third kappa shape index (κ3) is 8.94. The second kappa shape index (κ2) is 7.97. The molecule has 1 atom stereocenters. The van der Waals surface area contributed by atoms with E-state index in [-0.39, 0.29) is 11.9 Å². The average molecular weight is 210 g/mol. The van der Waals surface area contributed by atoms with E-state index in [1.54, 1.807) is 0 Å². The largest absolute Gasteiger partial charge is 0.462 e. The molecule has 1 unspecified atom stereocenters. The minimum absolute atomic E-state index is 0.0359. The van der Waals surface area contributed by atoms with Gasteiger partial charge in [-0.25, -0.2) is 0 Å². The quantitative estimate of drug-likeness (QED) is 0.384. The summed E-state index contributed by atoms with van der Waals surface area (Å²) in [4.78, 5) is 20.8. The zero-order valence-electron chi connectivity index (χ0n) is 9.53. The first-order valence-corrected chi connectivity index (χ1v) is 4.97. The van der Waals surface area contributed by atoms with Gasteiger partial charge in [-0.15, -0.1) is 0 Å². The molecule has 0 aliphatic carbocycles. The van der Waals surface area contributed by atoms with Crippen molar-refractivity contribution in [3.05, 3.63) is 23.8 Å². The van der Waals surface area contributed by atoms with E-state index in [4.69, 9.17) is 4.74 Å². The van der Waals surface area contributed by atoms with E-state index < -0.39 is 0 Å². The summed E-state index contributed by atoms with van der Waals surface area (Å²) < 4.78 is 4.77. The van der Waals surface area contributed by atoms with Crippen LogP contribution in [0.1, 0.15) is 27.2 Å². The van der Waals surface area contributed by atoms with Crippen LogP contribution in [0, 0.1) is 5.92 Å². The van der Waals surface area contributed by atoms with E-state index in [1.807, 2.05) is 32.1 Å². The van der Waals surface area contributed by atoms with Gasteiger partial charge in [0.25, 0.3) is 0 Å². The van der Waals surface area contributed by atoms with Crippen LogP contribution in [0.2, 0.25) is 0 Å². The maximum absolute atomic E-state index is 10.5. The number of carbonyl (C=O) groups is 2. The van der Waals surface area contributed by atoms with Gasteiger partial charge in [-0.2, -0.15) is 0 Å². The number of aldehydes is 1. The maximum Gasteiger partial charge on any atom is 0.302 e. The monoisotopic (exact) mass is 210 g/mol. The summed E-state index contributed by atoms with van der Waals surface area (Å²) in [5.41, 5.74) is 1.12. The van der Waals surface area contributed by atoms with Crippen molar-refractivity contribution in [2.24, 2.45) is 5.92 Å². The van der Waals surface area contributed by atoms with Gasteiger partial charge in [-0.05, 0) is 19.4 Å². The van der Waals surface area contributed by atoms with Gasteiger partial charge in [0.05, 0.1) is 0 Å². The van der Waals surface area contributed by atoms with Crippen LogP contribution < -0.4 is 0 Å². The summed E-state index contributed by atoms with van der Waals surface area (Å²) in [5, 5.41) is 0. The first-order valence-electron chi connectivity index (χ1n) is 4.97. The fraction of sp³-hybridized carbons (Fsp3) is 0.500. The number of rotatable bonds is 6. The molecule has 0 heterocycles. The van der Waals surface area contributed by atoms with Crippen molar-refractivity contribution < 1.29 is 14.3 Å². The van der Waals surface area contributed by atoms with E-state index in [0.29, 0.717) is 6.61 Å². The lowest BCUT2D eigenvalue weighted by Crippen LogP contribution is -1.98. The van der Waals surface area contributed by atoms with E-state index in [0.717, 1.165) is 18.3 Å². The van der Waals surface area contributed by atoms with Crippen molar-refractivity contribution in [2.45, 2.75) is 27.2 Å². The van der Waals surface area contributed by atoms with Crippen LogP contribution in [0.5, 0.6) is 0 Å². The molecule has 0 saturated heterocycles. The molecule has 3 nitrogen and oxygen atoms in total. The van der Waals surface area contributed by atoms with Gasteiger partial charge in [0.1, 0.15) is 12.9 Å². The van der Waals surface area contributed by atoms with Crippen molar-refractivity contribution >= 4 is 12.3 Å². The van der Waals surface area contributed by atoms with Crippen LogP contribution in [-0.4, -0.2) is 18.9 Å². The average Bonchev–Trinajstić information content (AvgIpc) is 2.17. The summed E-state index contributed by atoms with van der Waals surface area (Å²) in [6.07, 6.45) is 7.33. The number of hydrogen-bond donors (Lipinski definition) is 0. The Morgan fingerprint density at radius 1 is 1.40 bits per heavy atom. The lowest BCUT2D eigenvalue weighted by atomic mass is 10.1. The normalized spacial score (nSPS) is 13.9. The van der Waals surface area contributed by atoms with E-state index in [2.05, 4.69) is 0 Å². The number of esters is 1. The summed E-state index contributed by atoms with van der Waals surface area (Å²) in [7, 11) is 0. The molecule has 0 aliphatic heterocycles. The van der Waals surface area contributed by atoms with Crippen molar-refractivity contribution in [3.8, 4) is 0 Å².